The van der Waals surface area contributed by atoms with Crippen LogP contribution in [-0.2, 0) is 9.59 Å². The summed E-state index contributed by atoms with van der Waals surface area (Å²) < 4.78 is 0. The van der Waals surface area contributed by atoms with E-state index in [0.29, 0.717) is 18.9 Å². The third kappa shape index (κ3) is 9.59. The summed E-state index contributed by atoms with van der Waals surface area (Å²) in [5.74, 6) is 0.200. The van der Waals surface area contributed by atoms with Crippen molar-refractivity contribution in [2.75, 3.05) is 6.54 Å². The number of nitrogens with two attached hydrogens (primary N) is 1. The molecule has 6 heteroatoms. The van der Waals surface area contributed by atoms with E-state index in [1.807, 2.05) is 58.0 Å². The minimum absolute atomic E-state index is 0. The lowest BCUT2D eigenvalue weighted by atomic mass is 10.0. The number of amides is 2. The molecule has 5 nitrogen and oxygen atoms in total. The fraction of sp³-hybridized carbons (Fsp3) is 0.500. The number of carbonyl (C=O) groups is 2. The van der Waals surface area contributed by atoms with Crippen molar-refractivity contribution in [2.24, 2.45) is 17.6 Å². The summed E-state index contributed by atoms with van der Waals surface area (Å²) in [5.41, 5.74) is 6.89. The van der Waals surface area contributed by atoms with E-state index in [9.17, 15) is 9.59 Å². The zero-order chi connectivity index (χ0) is 18.8. The molecule has 2 atom stereocenters. The van der Waals surface area contributed by atoms with Gasteiger partial charge in [0.2, 0.25) is 11.8 Å². The van der Waals surface area contributed by atoms with E-state index in [4.69, 9.17) is 5.73 Å². The third-order valence-corrected chi connectivity index (χ3v) is 3.92. The second kappa shape index (κ2) is 12.5. The highest BCUT2D eigenvalue weighted by molar-refractivity contribution is 5.91. The molecule has 0 heterocycles. The Labute approximate surface area is 163 Å². The van der Waals surface area contributed by atoms with Crippen molar-refractivity contribution in [1.82, 2.24) is 10.6 Å². The quantitative estimate of drug-likeness (QED) is 0.575. The van der Waals surface area contributed by atoms with Gasteiger partial charge in [0.25, 0.3) is 0 Å². The van der Waals surface area contributed by atoms with Gasteiger partial charge in [-0.1, -0.05) is 58.0 Å². The van der Waals surface area contributed by atoms with E-state index in [0.717, 1.165) is 5.56 Å². The first-order valence-corrected chi connectivity index (χ1v) is 8.86. The normalized spacial score (nSPS) is 13.3. The second-order valence-electron chi connectivity index (χ2n) is 7.08. The Morgan fingerprint density at radius 3 is 2.27 bits per heavy atom. The lowest BCUT2D eigenvalue weighted by molar-refractivity contribution is -0.124. The summed E-state index contributed by atoms with van der Waals surface area (Å²) in [7, 11) is 0. The average Bonchev–Trinajstić information content (AvgIpc) is 2.56. The average molecular weight is 382 g/mol. The largest absolute Gasteiger partial charge is 0.350 e. The van der Waals surface area contributed by atoms with Gasteiger partial charge in [-0.3, -0.25) is 9.59 Å². The Balaban J connectivity index is 0.00000625. The molecule has 0 fully saturated rings. The van der Waals surface area contributed by atoms with Crippen LogP contribution in [0.1, 0.15) is 39.7 Å². The van der Waals surface area contributed by atoms with E-state index in [2.05, 4.69) is 10.6 Å². The van der Waals surface area contributed by atoms with Crippen LogP contribution in [0.3, 0.4) is 0 Å². The molecule has 1 unspecified atom stereocenters. The van der Waals surface area contributed by atoms with Gasteiger partial charge in [-0.25, -0.2) is 0 Å². The van der Waals surface area contributed by atoms with Crippen molar-refractivity contribution in [3.63, 3.8) is 0 Å². The Hall–Kier alpha value is -1.85. The highest BCUT2D eigenvalue weighted by atomic mass is 35.5. The van der Waals surface area contributed by atoms with Crippen LogP contribution in [0.5, 0.6) is 0 Å². The van der Waals surface area contributed by atoms with E-state index in [1.54, 1.807) is 6.08 Å². The van der Waals surface area contributed by atoms with Gasteiger partial charge in [0.15, 0.2) is 0 Å². The van der Waals surface area contributed by atoms with Gasteiger partial charge < -0.3 is 16.4 Å². The molecule has 0 saturated heterocycles. The number of halogens is 1. The summed E-state index contributed by atoms with van der Waals surface area (Å²) in [6.07, 6.45) is 3.90. The smallest absolute Gasteiger partial charge is 0.244 e. The molecule has 1 aromatic rings. The third-order valence-electron chi connectivity index (χ3n) is 3.92. The van der Waals surface area contributed by atoms with E-state index in [1.165, 1.54) is 6.08 Å². The Kier molecular flexibility index (Phi) is 11.6. The molecule has 0 aliphatic carbocycles. The van der Waals surface area contributed by atoms with Crippen molar-refractivity contribution in [2.45, 2.75) is 46.2 Å². The van der Waals surface area contributed by atoms with Gasteiger partial charge in [-0.2, -0.15) is 0 Å². The number of hydrogen-bond acceptors (Lipinski definition) is 3. The molecule has 2 amide bonds. The predicted octanol–water partition coefficient (Wildman–Crippen LogP) is 2.75. The maximum absolute atomic E-state index is 12.2. The van der Waals surface area contributed by atoms with Crippen LogP contribution in [-0.4, -0.2) is 30.4 Å². The molecule has 146 valence electrons. The molecular formula is C20H32ClN3O2. The summed E-state index contributed by atoms with van der Waals surface area (Å²) in [6.45, 7) is 8.45. The summed E-state index contributed by atoms with van der Waals surface area (Å²) in [4.78, 5) is 24.2. The standard InChI is InChI=1S/C20H31N3O2.ClH/c1-14(2)12-17(21)20(25)23-18(15(3)4)13-22-19(24)11-10-16-8-6-5-7-9-16;/h5-11,14-15,17-18H,12-13,21H2,1-4H3,(H,22,24)(H,23,25);1H/t17?,18-;/m1./s1. The summed E-state index contributed by atoms with van der Waals surface area (Å²) in [5, 5.41) is 5.79. The lowest BCUT2D eigenvalue weighted by Gasteiger charge is -2.24. The molecular weight excluding hydrogens is 350 g/mol. The Morgan fingerprint density at radius 1 is 1.12 bits per heavy atom. The molecule has 1 rings (SSSR count). The molecule has 0 aliphatic rings. The van der Waals surface area contributed by atoms with E-state index >= 15 is 0 Å². The monoisotopic (exact) mass is 381 g/mol. The van der Waals surface area contributed by atoms with Crippen LogP contribution in [0, 0.1) is 11.8 Å². The molecule has 0 radical (unpaired) electrons. The number of hydrogen-bond donors (Lipinski definition) is 3. The fourth-order valence-corrected chi connectivity index (χ4v) is 2.36. The summed E-state index contributed by atoms with van der Waals surface area (Å²) >= 11 is 0. The number of benzene rings is 1. The van der Waals surface area contributed by atoms with Gasteiger partial charge >= 0.3 is 0 Å². The van der Waals surface area contributed by atoms with E-state index < -0.39 is 6.04 Å². The fourth-order valence-electron chi connectivity index (χ4n) is 2.36. The van der Waals surface area contributed by atoms with Crippen molar-refractivity contribution < 1.29 is 9.59 Å². The van der Waals surface area contributed by atoms with Crippen molar-refractivity contribution in [3.05, 3.63) is 42.0 Å². The van der Waals surface area contributed by atoms with Gasteiger partial charge in [0, 0.05) is 18.7 Å². The van der Waals surface area contributed by atoms with E-state index in [-0.39, 0.29) is 36.2 Å². The molecule has 0 bridgehead atoms. The molecule has 0 aliphatic heterocycles. The molecule has 1 aromatic carbocycles. The maximum Gasteiger partial charge on any atom is 0.244 e. The second-order valence-corrected chi connectivity index (χ2v) is 7.08. The van der Waals surface area contributed by atoms with Crippen LogP contribution in [0.2, 0.25) is 0 Å². The SMILES string of the molecule is CC(C)CC(N)C(=O)N[C@H](CNC(=O)C=Cc1ccccc1)C(C)C.Cl. The summed E-state index contributed by atoms with van der Waals surface area (Å²) in [6, 6.07) is 8.95. The molecule has 26 heavy (non-hydrogen) atoms. The Bertz CT molecular complexity index is 574. The maximum atomic E-state index is 12.2. The van der Waals surface area contributed by atoms with Crippen LogP contribution in [0.25, 0.3) is 6.08 Å². The van der Waals surface area contributed by atoms with Gasteiger partial charge in [-0.15, -0.1) is 12.4 Å². The number of carbonyl (C=O) groups excluding carboxylic acids is 2. The van der Waals surface area contributed by atoms with Crippen LogP contribution >= 0.6 is 12.4 Å². The zero-order valence-corrected chi connectivity index (χ0v) is 16.9. The van der Waals surface area contributed by atoms with Crippen LogP contribution < -0.4 is 16.4 Å². The first-order chi connectivity index (χ1) is 11.8. The highest BCUT2D eigenvalue weighted by Crippen LogP contribution is 2.06. The first kappa shape index (κ1) is 24.2. The van der Waals surface area contributed by atoms with Crippen LogP contribution in [0.4, 0.5) is 0 Å². The number of rotatable bonds is 9. The minimum atomic E-state index is -0.519. The van der Waals surface area contributed by atoms with Crippen LogP contribution in [0.15, 0.2) is 36.4 Å². The van der Waals surface area contributed by atoms with Crippen molar-refractivity contribution in [1.29, 1.82) is 0 Å². The predicted molar refractivity (Wildman–Crippen MR) is 110 cm³/mol. The topological polar surface area (TPSA) is 84.2 Å². The number of nitrogens with one attached hydrogen (secondary N) is 2. The molecule has 4 N–H and O–H groups in total. The van der Waals surface area contributed by atoms with Gasteiger partial charge in [0.1, 0.15) is 0 Å². The molecule has 0 spiro atoms. The van der Waals surface area contributed by atoms with Crippen molar-refractivity contribution in [3.8, 4) is 0 Å². The van der Waals surface area contributed by atoms with Crippen molar-refractivity contribution >= 4 is 30.3 Å². The highest BCUT2D eigenvalue weighted by Gasteiger charge is 2.21. The first-order valence-electron chi connectivity index (χ1n) is 8.86. The molecule has 0 aromatic heterocycles. The van der Waals surface area contributed by atoms with Gasteiger partial charge in [-0.05, 0) is 29.9 Å². The lowest BCUT2D eigenvalue weighted by Crippen LogP contribution is -2.51. The Morgan fingerprint density at radius 2 is 1.73 bits per heavy atom. The minimum Gasteiger partial charge on any atom is -0.350 e. The molecule has 0 saturated carbocycles. The zero-order valence-electron chi connectivity index (χ0n) is 16.1. The van der Waals surface area contributed by atoms with Gasteiger partial charge in [0.05, 0.1) is 6.04 Å².